The van der Waals surface area contributed by atoms with E-state index < -0.39 is 9.84 Å². The summed E-state index contributed by atoms with van der Waals surface area (Å²) in [6.07, 6.45) is 2.61. The van der Waals surface area contributed by atoms with Gasteiger partial charge in [-0.05, 0) is 18.4 Å². The molecule has 0 bridgehead atoms. The van der Waals surface area contributed by atoms with Crippen molar-refractivity contribution in [1.82, 2.24) is 10.2 Å². The molecule has 17 heavy (non-hydrogen) atoms. The van der Waals surface area contributed by atoms with Crippen LogP contribution in [0.5, 0.6) is 0 Å². The van der Waals surface area contributed by atoms with Gasteiger partial charge in [0.05, 0.1) is 11.0 Å². The van der Waals surface area contributed by atoms with Gasteiger partial charge in [-0.25, -0.2) is 8.42 Å². The summed E-state index contributed by atoms with van der Waals surface area (Å²) in [6.45, 7) is 8.73. The first-order valence-corrected chi connectivity index (χ1v) is 8.13. The first-order chi connectivity index (χ1) is 8.09. The van der Waals surface area contributed by atoms with Crippen molar-refractivity contribution < 1.29 is 8.42 Å². The molecule has 1 atom stereocenters. The summed E-state index contributed by atoms with van der Waals surface area (Å²) in [5, 5.41) is 3.01. The summed E-state index contributed by atoms with van der Waals surface area (Å²) >= 11 is 0. The number of nitrogens with zero attached hydrogens (tertiary/aromatic N) is 1. The average molecular weight is 258 g/mol. The summed E-state index contributed by atoms with van der Waals surface area (Å²) in [5.41, 5.74) is 0.895. The molecule has 0 spiro atoms. The van der Waals surface area contributed by atoms with E-state index in [1.54, 1.807) is 0 Å². The Kier molecular flexibility index (Phi) is 4.22. The van der Waals surface area contributed by atoms with Crippen LogP contribution in [0.25, 0.3) is 0 Å². The van der Waals surface area contributed by atoms with Crippen molar-refractivity contribution in [1.29, 1.82) is 0 Å². The molecule has 0 aliphatic carbocycles. The second kappa shape index (κ2) is 5.50. The summed E-state index contributed by atoms with van der Waals surface area (Å²) in [4.78, 5) is 2.29. The molecule has 2 saturated heterocycles. The summed E-state index contributed by atoms with van der Waals surface area (Å²) < 4.78 is 23.9. The number of nitrogens with one attached hydrogen (secondary N) is 1. The van der Waals surface area contributed by atoms with Crippen molar-refractivity contribution in [2.24, 2.45) is 0 Å². The van der Waals surface area contributed by atoms with E-state index in [1.165, 1.54) is 0 Å². The van der Waals surface area contributed by atoms with E-state index in [2.05, 4.69) is 16.8 Å². The van der Waals surface area contributed by atoms with E-state index in [0.29, 0.717) is 5.75 Å². The topological polar surface area (TPSA) is 49.4 Å². The molecule has 0 saturated carbocycles. The Morgan fingerprint density at radius 2 is 2.00 bits per heavy atom. The minimum absolute atomic E-state index is 0.286. The Morgan fingerprint density at radius 1 is 1.29 bits per heavy atom. The van der Waals surface area contributed by atoms with Crippen LogP contribution in [0.15, 0.2) is 12.2 Å². The predicted molar refractivity (Wildman–Crippen MR) is 69.9 cm³/mol. The molecule has 98 valence electrons. The average Bonchev–Trinajstić information content (AvgIpc) is 2.29. The van der Waals surface area contributed by atoms with Crippen LogP contribution >= 0.6 is 0 Å². The van der Waals surface area contributed by atoms with E-state index >= 15 is 0 Å². The Hall–Kier alpha value is -0.390. The summed E-state index contributed by atoms with van der Waals surface area (Å²) in [5.74, 6) is 0.345. The van der Waals surface area contributed by atoms with Crippen molar-refractivity contribution in [3.63, 3.8) is 0 Å². The number of piperazine rings is 1. The van der Waals surface area contributed by atoms with Crippen molar-refractivity contribution in [2.45, 2.75) is 24.5 Å². The maximum Gasteiger partial charge on any atom is 0.157 e. The third-order valence-corrected chi connectivity index (χ3v) is 5.96. The third-order valence-electron chi connectivity index (χ3n) is 3.67. The molecular formula is C12H22N2O2S. The molecule has 4 nitrogen and oxygen atoms in total. The molecule has 2 aliphatic heterocycles. The highest BCUT2D eigenvalue weighted by Crippen LogP contribution is 2.25. The first kappa shape index (κ1) is 13.1. The van der Waals surface area contributed by atoms with Gasteiger partial charge in [-0.2, -0.15) is 0 Å². The lowest BCUT2D eigenvalue weighted by Crippen LogP contribution is -2.45. The van der Waals surface area contributed by atoms with E-state index in [1.807, 2.05) is 0 Å². The molecule has 0 amide bonds. The van der Waals surface area contributed by atoms with Crippen LogP contribution in [0.4, 0.5) is 0 Å². The van der Waals surface area contributed by atoms with E-state index in [-0.39, 0.29) is 5.25 Å². The molecule has 2 heterocycles. The first-order valence-electron chi connectivity index (χ1n) is 6.42. The number of sulfone groups is 1. The van der Waals surface area contributed by atoms with Gasteiger partial charge in [0, 0.05) is 32.7 Å². The number of hydrogen-bond acceptors (Lipinski definition) is 4. The lowest BCUT2D eigenvalue weighted by Gasteiger charge is -2.31. The van der Waals surface area contributed by atoms with Gasteiger partial charge in [-0.15, -0.1) is 0 Å². The van der Waals surface area contributed by atoms with Crippen LogP contribution in [-0.4, -0.2) is 57.0 Å². The Labute approximate surface area is 104 Å². The normalized spacial score (nSPS) is 30.0. The molecule has 5 heteroatoms. The quantitative estimate of drug-likeness (QED) is 0.745. The van der Waals surface area contributed by atoms with Gasteiger partial charge in [-0.1, -0.05) is 13.0 Å². The largest absolute Gasteiger partial charge is 0.314 e. The monoisotopic (exact) mass is 258 g/mol. The van der Waals surface area contributed by atoms with E-state index in [9.17, 15) is 8.42 Å². The molecule has 0 aromatic carbocycles. The van der Waals surface area contributed by atoms with Gasteiger partial charge in [0.25, 0.3) is 0 Å². The second-order valence-electron chi connectivity index (χ2n) is 5.04. The third kappa shape index (κ3) is 3.30. The van der Waals surface area contributed by atoms with E-state index in [4.69, 9.17) is 0 Å². The molecule has 2 aliphatic rings. The Balaban J connectivity index is 1.94. The minimum Gasteiger partial charge on any atom is -0.314 e. The van der Waals surface area contributed by atoms with Gasteiger partial charge in [-0.3, -0.25) is 4.90 Å². The highest BCUT2D eigenvalue weighted by molar-refractivity contribution is 7.92. The van der Waals surface area contributed by atoms with E-state index in [0.717, 1.165) is 57.6 Å². The lowest BCUT2D eigenvalue weighted by atomic mass is 10.1. The van der Waals surface area contributed by atoms with Gasteiger partial charge in [0.2, 0.25) is 0 Å². The zero-order chi connectivity index (χ0) is 12.3. The fourth-order valence-electron chi connectivity index (χ4n) is 2.67. The maximum atomic E-state index is 12.0. The van der Waals surface area contributed by atoms with Gasteiger partial charge in [0.15, 0.2) is 9.84 Å². The SMILES string of the molecule is C=C(CN1CCNCC1)C1CCCCS1(=O)=O. The smallest absolute Gasteiger partial charge is 0.157 e. The lowest BCUT2D eigenvalue weighted by molar-refractivity contribution is 0.257. The molecule has 1 unspecified atom stereocenters. The fourth-order valence-corrected chi connectivity index (χ4v) is 4.67. The van der Waals surface area contributed by atoms with Crippen molar-refractivity contribution >= 4 is 9.84 Å². The Morgan fingerprint density at radius 3 is 2.65 bits per heavy atom. The summed E-state index contributed by atoms with van der Waals surface area (Å²) in [7, 11) is -2.92. The molecule has 1 N–H and O–H groups in total. The molecule has 0 aromatic heterocycles. The van der Waals surface area contributed by atoms with Crippen molar-refractivity contribution in [3.05, 3.63) is 12.2 Å². The molecule has 2 fully saturated rings. The molecule has 0 radical (unpaired) electrons. The van der Waals surface area contributed by atoms with Crippen LogP contribution < -0.4 is 5.32 Å². The van der Waals surface area contributed by atoms with Gasteiger partial charge >= 0.3 is 0 Å². The maximum absolute atomic E-state index is 12.0. The van der Waals surface area contributed by atoms with Gasteiger partial charge in [0.1, 0.15) is 0 Å². The fraction of sp³-hybridized carbons (Fsp3) is 0.833. The second-order valence-corrected chi connectivity index (χ2v) is 7.34. The van der Waals surface area contributed by atoms with Crippen molar-refractivity contribution in [3.8, 4) is 0 Å². The summed E-state index contributed by atoms with van der Waals surface area (Å²) in [6, 6.07) is 0. The predicted octanol–water partition coefficient (Wildman–Crippen LogP) is 0.415. The van der Waals surface area contributed by atoms with Gasteiger partial charge < -0.3 is 5.32 Å². The molecule has 2 rings (SSSR count). The Bertz CT molecular complexity index is 372. The standard InChI is InChI=1S/C12H22N2O2S/c1-11(10-14-7-5-13-6-8-14)12-4-2-3-9-17(12,15)16/h12-13H,1-10H2. The highest BCUT2D eigenvalue weighted by Gasteiger charge is 2.31. The van der Waals surface area contributed by atoms with Crippen LogP contribution in [0.1, 0.15) is 19.3 Å². The van der Waals surface area contributed by atoms with Crippen LogP contribution in [0.2, 0.25) is 0 Å². The number of hydrogen-bond donors (Lipinski definition) is 1. The number of rotatable bonds is 3. The zero-order valence-electron chi connectivity index (χ0n) is 10.3. The molecular weight excluding hydrogens is 236 g/mol. The molecule has 0 aromatic rings. The van der Waals surface area contributed by atoms with Crippen LogP contribution in [0, 0.1) is 0 Å². The van der Waals surface area contributed by atoms with Crippen molar-refractivity contribution in [2.75, 3.05) is 38.5 Å². The minimum atomic E-state index is -2.92. The van der Waals surface area contributed by atoms with Crippen LogP contribution in [-0.2, 0) is 9.84 Å². The van der Waals surface area contributed by atoms with Crippen LogP contribution in [0.3, 0.4) is 0 Å². The highest BCUT2D eigenvalue weighted by atomic mass is 32.2. The zero-order valence-corrected chi connectivity index (χ0v) is 11.1.